The Hall–Kier alpha value is -4.16. The van der Waals surface area contributed by atoms with Gasteiger partial charge in [0.15, 0.2) is 0 Å². The average Bonchev–Trinajstić information content (AvgIpc) is 2.87. The van der Waals surface area contributed by atoms with E-state index < -0.39 is 5.91 Å². The highest BCUT2D eigenvalue weighted by Crippen LogP contribution is 2.27. The Kier molecular flexibility index (Phi) is 6.46. The van der Waals surface area contributed by atoms with Crippen LogP contribution in [0.25, 0.3) is 21.5 Å². The first-order chi connectivity index (χ1) is 17.1. The number of amides is 1. The number of ether oxygens (including phenoxy) is 1. The molecule has 0 aliphatic rings. The molecule has 0 saturated carbocycles. The van der Waals surface area contributed by atoms with Gasteiger partial charge in [0.1, 0.15) is 18.1 Å². The molecule has 172 valence electrons. The summed E-state index contributed by atoms with van der Waals surface area (Å²) in [6.45, 7) is 0.447. The zero-order valence-electron chi connectivity index (χ0n) is 18.6. The molecule has 1 amide bonds. The predicted molar refractivity (Wildman–Crippen MR) is 143 cm³/mol. The van der Waals surface area contributed by atoms with E-state index in [9.17, 15) is 9.90 Å². The number of aromatic hydroxyl groups is 1. The molecule has 0 heterocycles. The van der Waals surface area contributed by atoms with Gasteiger partial charge in [-0.2, -0.15) is 5.10 Å². The lowest BCUT2D eigenvalue weighted by molar-refractivity contribution is 0.0952. The van der Waals surface area contributed by atoms with Crippen LogP contribution in [0.5, 0.6) is 11.5 Å². The summed E-state index contributed by atoms with van der Waals surface area (Å²) in [5.41, 5.74) is 4.50. The standard InChI is InChI=1S/C29H21BrN2O3/c30-26-14-19(10-12-28(26)35-18-20-9-11-21-5-1-2-6-22(21)13-20)17-31-32-29(34)25-15-23-7-3-4-8-24(23)16-27(25)33/h1-17,33H,18H2,(H,32,34). The molecule has 0 saturated heterocycles. The number of halogens is 1. The molecule has 0 aromatic heterocycles. The Balaban J connectivity index is 1.22. The number of carbonyl (C=O) groups excluding carboxylic acids is 1. The average molecular weight is 525 g/mol. The minimum atomic E-state index is -0.487. The van der Waals surface area contributed by atoms with Crippen LogP contribution >= 0.6 is 15.9 Å². The third kappa shape index (κ3) is 5.18. The summed E-state index contributed by atoms with van der Waals surface area (Å²) in [7, 11) is 0. The number of hydrogen-bond acceptors (Lipinski definition) is 4. The van der Waals surface area contributed by atoms with Crippen molar-refractivity contribution < 1.29 is 14.6 Å². The molecule has 2 N–H and O–H groups in total. The fraction of sp³-hybridized carbons (Fsp3) is 0.0345. The second kappa shape index (κ2) is 9.99. The van der Waals surface area contributed by atoms with Crippen LogP contribution in [0.2, 0.25) is 0 Å². The minimum absolute atomic E-state index is 0.0907. The number of nitrogens with zero attached hydrogens (tertiary/aromatic N) is 1. The van der Waals surface area contributed by atoms with E-state index in [1.807, 2.05) is 54.6 Å². The van der Waals surface area contributed by atoms with Gasteiger partial charge in [-0.1, -0.05) is 60.7 Å². The number of benzene rings is 5. The maximum absolute atomic E-state index is 12.5. The molecule has 0 fully saturated rings. The Morgan fingerprint density at radius 2 is 1.54 bits per heavy atom. The molecule has 5 rings (SSSR count). The molecule has 0 unspecified atom stereocenters. The van der Waals surface area contributed by atoms with Crippen LogP contribution in [0.3, 0.4) is 0 Å². The van der Waals surface area contributed by atoms with Crippen LogP contribution in [0.1, 0.15) is 21.5 Å². The van der Waals surface area contributed by atoms with Gasteiger partial charge >= 0.3 is 0 Å². The highest BCUT2D eigenvalue weighted by atomic mass is 79.9. The molecule has 0 aliphatic heterocycles. The van der Waals surface area contributed by atoms with Crippen LogP contribution in [-0.2, 0) is 6.61 Å². The Labute approximate surface area is 210 Å². The second-order valence-corrected chi connectivity index (χ2v) is 8.93. The summed E-state index contributed by atoms with van der Waals surface area (Å²) in [4.78, 5) is 12.5. The number of phenols is 1. The zero-order valence-corrected chi connectivity index (χ0v) is 20.2. The van der Waals surface area contributed by atoms with E-state index in [1.54, 1.807) is 12.1 Å². The van der Waals surface area contributed by atoms with Gasteiger partial charge in [0, 0.05) is 0 Å². The Morgan fingerprint density at radius 3 is 2.29 bits per heavy atom. The first-order valence-electron chi connectivity index (χ1n) is 11.0. The van der Waals surface area contributed by atoms with E-state index in [0.29, 0.717) is 12.4 Å². The molecule has 0 spiro atoms. The third-order valence-electron chi connectivity index (χ3n) is 5.65. The first-order valence-corrected chi connectivity index (χ1v) is 11.8. The van der Waals surface area contributed by atoms with Crippen LogP contribution in [0, 0.1) is 0 Å². The molecule has 0 atom stereocenters. The molecule has 0 radical (unpaired) electrons. The molecule has 5 nitrogen and oxygen atoms in total. The summed E-state index contributed by atoms with van der Waals surface area (Å²) in [5, 5.41) is 18.3. The number of fused-ring (bicyclic) bond motifs is 2. The molecule has 5 aromatic rings. The monoisotopic (exact) mass is 524 g/mol. The van der Waals surface area contributed by atoms with Gasteiger partial charge in [0.25, 0.3) is 5.91 Å². The summed E-state index contributed by atoms with van der Waals surface area (Å²) < 4.78 is 6.77. The smallest absolute Gasteiger partial charge is 0.275 e. The first kappa shape index (κ1) is 22.6. The van der Waals surface area contributed by atoms with Crippen molar-refractivity contribution in [2.24, 2.45) is 5.10 Å². The number of hydrogen-bond donors (Lipinski definition) is 2. The molecule has 35 heavy (non-hydrogen) atoms. The molecule has 0 aliphatic carbocycles. The maximum atomic E-state index is 12.5. The lowest BCUT2D eigenvalue weighted by atomic mass is 10.1. The van der Waals surface area contributed by atoms with Gasteiger partial charge in [-0.05, 0) is 85.0 Å². The summed E-state index contributed by atoms with van der Waals surface area (Å²) in [6.07, 6.45) is 1.54. The van der Waals surface area contributed by atoms with Crippen molar-refractivity contribution in [2.75, 3.05) is 0 Å². The van der Waals surface area contributed by atoms with Gasteiger partial charge < -0.3 is 9.84 Å². The number of hydrazone groups is 1. The van der Waals surface area contributed by atoms with Gasteiger partial charge in [-0.3, -0.25) is 4.79 Å². The van der Waals surface area contributed by atoms with Crippen molar-refractivity contribution in [2.45, 2.75) is 6.61 Å². The summed E-state index contributed by atoms with van der Waals surface area (Å²) in [5.74, 6) is 0.131. The van der Waals surface area contributed by atoms with Crippen molar-refractivity contribution in [1.82, 2.24) is 5.43 Å². The highest BCUT2D eigenvalue weighted by Gasteiger charge is 2.12. The van der Waals surface area contributed by atoms with E-state index in [4.69, 9.17) is 4.74 Å². The predicted octanol–water partition coefficient (Wildman–Crippen LogP) is 6.80. The largest absolute Gasteiger partial charge is 0.507 e. The van der Waals surface area contributed by atoms with Gasteiger partial charge in [-0.15, -0.1) is 0 Å². The molecule has 0 bridgehead atoms. The number of rotatable bonds is 6. The van der Waals surface area contributed by atoms with Crippen LogP contribution < -0.4 is 10.2 Å². The number of carbonyl (C=O) groups is 1. The van der Waals surface area contributed by atoms with Crippen LogP contribution in [0.15, 0.2) is 107 Å². The van der Waals surface area contributed by atoms with Crippen LogP contribution in [0.4, 0.5) is 0 Å². The normalized spacial score (nSPS) is 11.2. The summed E-state index contributed by atoms with van der Waals surface area (Å²) >= 11 is 3.54. The van der Waals surface area contributed by atoms with Crippen molar-refractivity contribution in [3.05, 3.63) is 118 Å². The van der Waals surface area contributed by atoms with Gasteiger partial charge in [-0.25, -0.2) is 5.43 Å². The van der Waals surface area contributed by atoms with Gasteiger partial charge in [0.05, 0.1) is 16.3 Å². The van der Waals surface area contributed by atoms with E-state index in [2.05, 4.69) is 56.8 Å². The maximum Gasteiger partial charge on any atom is 0.275 e. The van der Waals surface area contributed by atoms with Crippen LogP contribution in [-0.4, -0.2) is 17.2 Å². The lowest BCUT2D eigenvalue weighted by Gasteiger charge is -2.10. The van der Waals surface area contributed by atoms with Crippen molar-refractivity contribution in [1.29, 1.82) is 0 Å². The van der Waals surface area contributed by atoms with Crippen molar-refractivity contribution in [3.8, 4) is 11.5 Å². The van der Waals surface area contributed by atoms with E-state index in [0.717, 1.165) is 26.4 Å². The van der Waals surface area contributed by atoms with Crippen molar-refractivity contribution in [3.63, 3.8) is 0 Å². The second-order valence-electron chi connectivity index (χ2n) is 8.08. The molecule has 5 aromatic carbocycles. The van der Waals surface area contributed by atoms with Gasteiger partial charge in [0.2, 0.25) is 0 Å². The minimum Gasteiger partial charge on any atom is -0.507 e. The van der Waals surface area contributed by atoms with E-state index in [-0.39, 0.29) is 11.3 Å². The zero-order chi connectivity index (χ0) is 24.2. The van der Waals surface area contributed by atoms with E-state index in [1.165, 1.54) is 17.0 Å². The fourth-order valence-corrected chi connectivity index (χ4v) is 4.35. The fourth-order valence-electron chi connectivity index (χ4n) is 3.84. The third-order valence-corrected chi connectivity index (χ3v) is 6.27. The lowest BCUT2D eigenvalue weighted by Crippen LogP contribution is -2.17. The molecular weight excluding hydrogens is 504 g/mol. The SMILES string of the molecule is O=C(NN=Cc1ccc(OCc2ccc3ccccc3c2)c(Br)c1)c1cc2ccccc2cc1O. The van der Waals surface area contributed by atoms with E-state index >= 15 is 0 Å². The number of nitrogens with one attached hydrogen (secondary N) is 1. The topological polar surface area (TPSA) is 70.9 Å². The Bertz CT molecular complexity index is 1580. The van der Waals surface area contributed by atoms with Crippen molar-refractivity contribution >= 4 is 49.6 Å². The molecular formula is C29H21BrN2O3. The summed E-state index contributed by atoms with van der Waals surface area (Å²) in [6, 6.07) is 30.8. The number of phenolic OH excluding ortho intramolecular Hbond substituents is 1. The highest BCUT2D eigenvalue weighted by molar-refractivity contribution is 9.10. The molecule has 6 heteroatoms. The Morgan fingerprint density at radius 1 is 0.857 bits per heavy atom. The quantitative estimate of drug-likeness (QED) is 0.189.